The van der Waals surface area contributed by atoms with Crippen molar-refractivity contribution in [3.8, 4) is 6.07 Å². The molecule has 0 aromatic heterocycles. The van der Waals surface area contributed by atoms with Crippen molar-refractivity contribution in [3.05, 3.63) is 11.4 Å². The van der Waals surface area contributed by atoms with Gasteiger partial charge in [-0.1, -0.05) is 13.8 Å². The fourth-order valence-electron chi connectivity index (χ4n) is 2.88. The Morgan fingerprint density at radius 1 is 1.37 bits per heavy atom. The molecule has 0 aromatic carbocycles. The van der Waals surface area contributed by atoms with Gasteiger partial charge in [0.05, 0.1) is 5.57 Å². The summed E-state index contributed by atoms with van der Waals surface area (Å²) >= 11 is 0. The molecule has 4 N–H and O–H groups in total. The van der Waals surface area contributed by atoms with Gasteiger partial charge >= 0.3 is 0 Å². The number of hydrogen-bond acceptors (Lipinski definition) is 5. The summed E-state index contributed by atoms with van der Waals surface area (Å²) in [5.41, 5.74) is 1.03. The van der Waals surface area contributed by atoms with Crippen LogP contribution in [0.2, 0.25) is 0 Å². The minimum absolute atomic E-state index is 0.0478. The molecule has 2 amide bonds. The van der Waals surface area contributed by atoms with E-state index in [0.717, 1.165) is 4.90 Å². The molecule has 0 aromatic rings. The van der Waals surface area contributed by atoms with E-state index in [1.807, 2.05) is 6.07 Å². The molecule has 102 valence electrons. The second-order valence-corrected chi connectivity index (χ2v) is 5.64. The summed E-state index contributed by atoms with van der Waals surface area (Å²) in [4.78, 5) is 25.9. The number of nitriles is 1. The zero-order valence-corrected chi connectivity index (χ0v) is 11.2. The van der Waals surface area contributed by atoms with Crippen LogP contribution in [0.15, 0.2) is 11.4 Å². The Bertz CT molecular complexity index is 570. The standard InChI is InChI=1S/C12H16N4O3/c1-10(2)11(3,19)15-8(17)12(10)6(5-13)7(14)16(4)9(12)18/h19H,14H2,1-4H3,(H,15,17)/t11-,12-/m1/s1. The summed E-state index contributed by atoms with van der Waals surface area (Å²) in [5.74, 6) is -1.34. The van der Waals surface area contributed by atoms with E-state index in [1.165, 1.54) is 14.0 Å². The van der Waals surface area contributed by atoms with Crippen LogP contribution < -0.4 is 11.1 Å². The van der Waals surface area contributed by atoms with Gasteiger partial charge in [-0.05, 0) is 6.92 Å². The molecule has 2 heterocycles. The first-order valence-corrected chi connectivity index (χ1v) is 5.79. The van der Waals surface area contributed by atoms with Crippen LogP contribution in [0, 0.1) is 22.2 Å². The largest absolute Gasteiger partial charge is 0.384 e. The molecule has 0 saturated carbocycles. The highest BCUT2D eigenvalue weighted by Crippen LogP contribution is 2.58. The molecule has 0 unspecified atom stereocenters. The molecule has 19 heavy (non-hydrogen) atoms. The van der Waals surface area contributed by atoms with Crippen LogP contribution in [0.5, 0.6) is 0 Å². The lowest BCUT2D eigenvalue weighted by Crippen LogP contribution is -2.53. The Morgan fingerprint density at radius 2 is 1.89 bits per heavy atom. The lowest BCUT2D eigenvalue weighted by atomic mass is 9.60. The Hall–Kier alpha value is -2.07. The molecule has 7 heteroatoms. The van der Waals surface area contributed by atoms with Crippen LogP contribution in [0.1, 0.15) is 20.8 Å². The monoisotopic (exact) mass is 264 g/mol. The first kappa shape index (κ1) is 13.4. The number of carbonyl (C=O) groups is 2. The van der Waals surface area contributed by atoms with Crippen molar-refractivity contribution >= 4 is 11.8 Å². The van der Waals surface area contributed by atoms with Crippen molar-refractivity contribution < 1.29 is 14.7 Å². The Labute approximate surface area is 110 Å². The number of nitrogens with one attached hydrogen (secondary N) is 1. The third kappa shape index (κ3) is 1.10. The Morgan fingerprint density at radius 3 is 2.26 bits per heavy atom. The molecule has 2 aliphatic heterocycles. The Kier molecular flexibility index (Phi) is 2.30. The average molecular weight is 264 g/mol. The minimum atomic E-state index is -1.77. The topological polar surface area (TPSA) is 119 Å². The minimum Gasteiger partial charge on any atom is -0.384 e. The second kappa shape index (κ2) is 3.27. The van der Waals surface area contributed by atoms with Crippen molar-refractivity contribution in [1.82, 2.24) is 10.2 Å². The summed E-state index contributed by atoms with van der Waals surface area (Å²) < 4.78 is 0. The molecular formula is C12H16N4O3. The van der Waals surface area contributed by atoms with Crippen molar-refractivity contribution in [2.24, 2.45) is 16.6 Å². The molecule has 2 atom stereocenters. The highest BCUT2D eigenvalue weighted by atomic mass is 16.3. The zero-order chi connectivity index (χ0) is 14.8. The van der Waals surface area contributed by atoms with Gasteiger partial charge in [-0.25, -0.2) is 0 Å². The van der Waals surface area contributed by atoms with Crippen LogP contribution in [0.3, 0.4) is 0 Å². The van der Waals surface area contributed by atoms with Crippen LogP contribution >= 0.6 is 0 Å². The smallest absolute Gasteiger partial charge is 0.249 e. The van der Waals surface area contributed by atoms with Gasteiger partial charge in [0, 0.05) is 12.5 Å². The van der Waals surface area contributed by atoms with Crippen molar-refractivity contribution in [1.29, 1.82) is 5.26 Å². The third-order valence-electron chi connectivity index (χ3n) is 4.58. The van der Waals surface area contributed by atoms with E-state index in [-0.39, 0.29) is 11.4 Å². The molecule has 7 nitrogen and oxygen atoms in total. The maximum Gasteiger partial charge on any atom is 0.249 e. The predicted octanol–water partition coefficient (Wildman–Crippen LogP) is -0.997. The van der Waals surface area contributed by atoms with E-state index in [2.05, 4.69) is 5.32 Å². The summed E-state index contributed by atoms with van der Waals surface area (Å²) in [6.07, 6.45) is 0. The number of carbonyl (C=O) groups excluding carboxylic acids is 2. The molecule has 2 rings (SSSR count). The van der Waals surface area contributed by atoms with Crippen LogP contribution in [-0.4, -0.2) is 34.6 Å². The lowest BCUT2D eigenvalue weighted by molar-refractivity contribution is -0.149. The molecule has 0 radical (unpaired) electrons. The first-order valence-electron chi connectivity index (χ1n) is 5.79. The van der Waals surface area contributed by atoms with Gasteiger partial charge in [-0.3, -0.25) is 14.5 Å². The number of aliphatic hydroxyl groups is 1. The zero-order valence-electron chi connectivity index (χ0n) is 11.2. The van der Waals surface area contributed by atoms with Gasteiger partial charge in [0.25, 0.3) is 0 Å². The van der Waals surface area contributed by atoms with Gasteiger partial charge in [0.15, 0.2) is 5.41 Å². The quantitative estimate of drug-likeness (QED) is 0.485. The van der Waals surface area contributed by atoms with Gasteiger partial charge in [-0.15, -0.1) is 0 Å². The molecule has 0 bridgehead atoms. The highest BCUT2D eigenvalue weighted by molar-refractivity contribution is 6.14. The maximum atomic E-state index is 12.5. The highest BCUT2D eigenvalue weighted by Gasteiger charge is 2.75. The summed E-state index contributed by atoms with van der Waals surface area (Å²) in [5, 5.41) is 22.0. The van der Waals surface area contributed by atoms with E-state index in [1.54, 1.807) is 13.8 Å². The number of nitrogens with zero attached hydrogens (tertiary/aromatic N) is 2. The van der Waals surface area contributed by atoms with Crippen molar-refractivity contribution in [3.63, 3.8) is 0 Å². The van der Waals surface area contributed by atoms with Gasteiger partial charge < -0.3 is 16.2 Å². The second-order valence-electron chi connectivity index (χ2n) is 5.64. The van der Waals surface area contributed by atoms with E-state index in [9.17, 15) is 20.0 Å². The van der Waals surface area contributed by atoms with Gasteiger partial charge in [0.2, 0.25) is 11.8 Å². The van der Waals surface area contributed by atoms with Crippen molar-refractivity contribution in [2.45, 2.75) is 26.5 Å². The fraction of sp³-hybridized carbons (Fsp3) is 0.583. The molecular weight excluding hydrogens is 248 g/mol. The van der Waals surface area contributed by atoms with Crippen molar-refractivity contribution in [2.75, 3.05) is 7.05 Å². The number of amides is 2. The maximum absolute atomic E-state index is 12.5. The lowest BCUT2D eigenvalue weighted by Gasteiger charge is -2.39. The normalized spacial score (nSPS) is 36.9. The molecule has 0 aliphatic carbocycles. The van der Waals surface area contributed by atoms with Gasteiger partial charge in [-0.2, -0.15) is 5.26 Å². The molecule has 1 spiro atoms. The predicted molar refractivity (Wildman–Crippen MR) is 64.6 cm³/mol. The van der Waals surface area contributed by atoms with Crippen LogP contribution in [0.25, 0.3) is 0 Å². The van der Waals surface area contributed by atoms with Crippen LogP contribution in [-0.2, 0) is 9.59 Å². The molecule has 2 aliphatic rings. The summed E-state index contributed by atoms with van der Waals surface area (Å²) in [7, 11) is 1.40. The van der Waals surface area contributed by atoms with E-state index >= 15 is 0 Å². The van der Waals surface area contributed by atoms with E-state index in [0.29, 0.717) is 0 Å². The van der Waals surface area contributed by atoms with Crippen LogP contribution in [0.4, 0.5) is 0 Å². The third-order valence-corrected chi connectivity index (χ3v) is 4.58. The Balaban J connectivity index is 2.84. The molecule has 1 fully saturated rings. The SMILES string of the molecule is CN1C(=O)[C@]2(C(=O)N[C@](C)(O)C2(C)C)C(C#N)=C1N. The first-order chi connectivity index (χ1) is 8.55. The number of nitrogens with two attached hydrogens (primary N) is 1. The summed E-state index contributed by atoms with van der Waals surface area (Å²) in [6.45, 7) is 4.52. The number of hydrogen-bond donors (Lipinski definition) is 3. The molecule has 1 saturated heterocycles. The average Bonchev–Trinajstić information content (AvgIpc) is 2.57. The van der Waals surface area contributed by atoms with Gasteiger partial charge in [0.1, 0.15) is 17.6 Å². The number of rotatable bonds is 0. The van der Waals surface area contributed by atoms with E-state index < -0.39 is 28.4 Å². The fourth-order valence-corrected chi connectivity index (χ4v) is 2.88. The van der Waals surface area contributed by atoms with E-state index in [4.69, 9.17) is 5.73 Å². The summed E-state index contributed by atoms with van der Waals surface area (Å²) in [6, 6.07) is 1.85.